The van der Waals surface area contributed by atoms with E-state index in [4.69, 9.17) is 0 Å². The van der Waals surface area contributed by atoms with Crippen LogP contribution in [-0.4, -0.2) is 0 Å². The zero-order valence-corrected chi connectivity index (χ0v) is 5.69. The maximum Gasteiger partial charge on any atom is 0.00922 e. The molecule has 9 heavy (non-hydrogen) atoms. The van der Waals surface area contributed by atoms with Gasteiger partial charge < -0.3 is 0 Å². The highest BCUT2D eigenvalue weighted by Gasteiger charge is 1.86. The van der Waals surface area contributed by atoms with Crippen LogP contribution in [0.3, 0.4) is 0 Å². The molecular formula is C9H12. The standard InChI is InChI=1S/C9H12/c1-2-4-6-8-9-7-5-3-1/h1-2H,3,5,7-9H2. The summed E-state index contributed by atoms with van der Waals surface area (Å²) >= 11 is 0. The molecule has 0 atom stereocenters. The van der Waals surface area contributed by atoms with Crippen LogP contribution in [0.5, 0.6) is 0 Å². The van der Waals surface area contributed by atoms with E-state index in [0.29, 0.717) is 0 Å². The van der Waals surface area contributed by atoms with Crippen LogP contribution < -0.4 is 0 Å². The molecule has 0 aromatic rings. The summed E-state index contributed by atoms with van der Waals surface area (Å²) in [7, 11) is 0. The van der Waals surface area contributed by atoms with E-state index >= 15 is 0 Å². The lowest BCUT2D eigenvalue weighted by molar-refractivity contribution is 0.704. The van der Waals surface area contributed by atoms with E-state index in [9.17, 15) is 0 Å². The van der Waals surface area contributed by atoms with Gasteiger partial charge in [0.2, 0.25) is 0 Å². The minimum Gasteiger partial charge on any atom is -0.0985 e. The molecule has 1 aliphatic carbocycles. The zero-order valence-electron chi connectivity index (χ0n) is 5.69. The van der Waals surface area contributed by atoms with Crippen LogP contribution >= 0.6 is 0 Å². The van der Waals surface area contributed by atoms with Gasteiger partial charge in [-0.05, 0) is 25.3 Å². The summed E-state index contributed by atoms with van der Waals surface area (Å²) in [6, 6.07) is 0. The second kappa shape index (κ2) is 4.21. The second-order valence-electron chi connectivity index (χ2n) is 2.32. The zero-order chi connectivity index (χ0) is 6.36. The van der Waals surface area contributed by atoms with Gasteiger partial charge in [-0.3, -0.25) is 0 Å². The van der Waals surface area contributed by atoms with Crippen LogP contribution in [-0.2, 0) is 0 Å². The molecule has 0 fully saturated rings. The third-order valence-corrected chi connectivity index (χ3v) is 1.48. The summed E-state index contributed by atoms with van der Waals surface area (Å²) < 4.78 is 0. The van der Waals surface area contributed by atoms with E-state index in [1.807, 2.05) is 6.08 Å². The Kier molecular flexibility index (Phi) is 3.00. The monoisotopic (exact) mass is 120 g/mol. The van der Waals surface area contributed by atoms with Crippen molar-refractivity contribution in [1.29, 1.82) is 0 Å². The van der Waals surface area contributed by atoms with Gasteiger partial charge in [0.05, 0.1) is 0 Å². The first-order valence-electron chi connectivity index (χ1n) is 3.63. The molecule has 0 aromatic heterocycles. The van der Waals surface area contributed by atoms with Gasteiger partial charge in [0, 0.05) is 6.42 Å². The van der Waals surface area contributed by atoms with Gasteiger partial charge in [-0.1, -0.05) is 24.3 Å². The predicted octanol–water partition coefficient (Wildman–Crippen LogP) is 2.51. The fourth-order valence-electron chi connectivity index (χ4n) is 0.926. The maximum atomic E-state index is 3.09. The van der Waals surface area contributed by atoms with Gasteiger partial charge in [-0.15, -0.1) is 0 Å². The van der Waals surface area contributed by atoms with Gasteiger partial charge in [-0.2, -0.15) is 0 Å². The molecule has 0 aromatic carbocycles. The van der Waals surface area contributed by atoms with Crippen LogP contribution in [0, 0.1) is 11.8 Å². The van der Waals surface area contributed by atoms with Crippen molar-refractivity contribution < 1.29 is 0 Å². The van der Waals surface area contributed by atoms with Crippen molar-refractivity contribution in [3.63, 3.8) is 0 Å². The minimum atomic E-state index is 1.09. The highest BCUT2D eigenvalue weighted by molar-refractivity contribution is 5.15. The fourth-order valence-corrected chi connectivity index (χ4v) is 0.926. The third-order valence-electron chi connectivity index (χ3n) is 1.48. The van der Waals surface area contributed by atoms with Crippen molar-refractivity contribution in [2.45, 2.75) is 32.1 Å². The quantitative estimate of drug-likeness (QED) is 0.431. The Morgan fingerprint density at radius 3 is 3.11 bits per heavy atom. The van der Waals surface area contributed by atoms with Crippen LogP contribution in [0.15, 0.2) is 12.2 Å². The third kappa shape index (κ3) is 2.98. The van der Waals surface area contributed by atoms with Gasteiger partial charge in [0.25, 0.3) is 0 Å². The van der Waals surface area contributed by atoms with Crippen molar-refractivity contribution in [3.05, 3.63) is 12.2 Å². The molecule has 0 bridgehead atoms. The molecule has 0 heteroatoms. The second-order valence-corrected chi connectivity index (χ2v) is 2.32. The van der Waals surface area contributed by atoms with Gasteiger partial charge >= 0.3 is 0 Å². The molecule has 0 saturated carbocycles. The first-order valence-corrected chi connectivity index (χ1v) is 3.63. The van der Waals surface area contributed by atoms with Crippen molar-refractivity contribution in [1.82, 2.24) is 0 Å². The average molecular weight is 120 g/mol. The van der Waals surface area contributed by atoms with Gasteiger partial charge in [0.1, 0.15) is 0 Å². The highest BCUT2D eigenvalue weighted by atomic mass is 13.9. The first-order chi connectivity index (χ1) is 4.50. The molecule has 0 unspecified atom stereocenters. The number of hydrogen-bond donors (Lipinski definition) is 0. The molecule has 0 N–H and O–H groups in total. The molecule has 1 aliphatic rings. The van der Waals surface area contributed by atoms with Crippen molar-refractivity contribution >= 4 is 0 Å². The molecule has 0 spiro atoms. The van der Waals surface area contributed by atoms with Crippen LogP contribution in [0.25, 0.3) is 0 Å². The van der Waals surface area contributed by atoms with E-state index in [1.165, 1.54) is 25.7 Å². The van der Waals surface area contributed by atoms with Crippen molar-refractivity contribution in [2.75, 3.05) is 0 Å². The number of rotatable bonds is 0. The Balaban J connectivity index is 2.35. The summed E-state index contributed by atoms with van der Waals surface area (Å²) in [5, 5.41) is 0. The lowest BCUT2D eigenvalue weighted by Gasteiger charge is -1.90. The summed E-state index contributed by atoms with van der Waals surface area (Å²) in [5.74, 6) is 6.09. The summed E-state index contributed by atoms with van der Waals surface area (Å²) in [6.45, 7) is 0. The summed E-state index contributed by atoms with van der Waals surface area (Å²) in [6.07, 6.45) is 10.4. The number of hydrogen-bond acceptors (Lipinski definition) is 0. The van der Waals surface area contributed by atoms with E-state index in [2.05, 4.69) is 17.9 Å². The molecule has 0 radical (unpaired) electrons. The van der Waals surface area contributed by atoms with Crippen molar-refractivity contribution in [2.24, 2.45) is 0 Å². The number of allylic oxidation sites excluding steroid dienone is 2. The van der Waals surface area contributed by atoms with E-state index < -0.39 is 0 Å². The maximum absolute atomic E-state index is 3.09. The van der Waals surface area contributed by atoms with E-state index in [0.717, 1.165) is 6.42 Å². The molecule has 0 aliphatic heterocycles. The van der Waals surface area contributed by atoms with E-state index in [-0.39, 0.29) is 0 Å². The molecule has 0 heterocycles. The van der Waals surface area contributed by atoms with Gasteiger partial charge in [0.15, 0.2) is 0 Å². The Bertz CT molecular complexity index is 143. The lowest BCUT2D eigenvalue weighted by atomic mass is 10.2. The average Bonchev–Trinajstić information content (AvgIpc) is 2.00. The Labute approximate surface area is 57.0 Å². The molecule has 0 saturated heterocycles. The smallest absolute Gasteiger partial charge is 0.00922 e. The van der Waals surface area contributed by atoms with E-state index in [1.54, 1.807) is 0 Å². The Hall–Kier alpha value is -0.700. The summed E-state index contributed by atoms with van der Waals surface area (Å²) in [5.41, 5.74) is 0. The first kappa shape index (κ1) is 6.42. The van der Waals surface area contributed by atoms with Crippen LogP contribution in [0.4, 0.5) is 0 Å². The van der Waals surface area contributed by atoms with Crippen LogP contribution in [0.1, 0.15) is 32.1 Å². The Morgan fingerprint density at radius 2 is 2.11 bits per heavy atom. The topological polar surface area (TPSA) is 0 Å². The largest absolute Gasteiger partial charge is 0.0985 e. The SMILES string of the molecule is C1#CCCCCCC=C1. The Morgan fingerprint density at radius 1 is 1.11 bits per heavy atom. The lowest BCUT2D eigenvalue weighted by Crippen LogP contribution is -1.72. The summed E-state index contributed by atoms with van der Waals surface area (Å²) in [4.78, 5) is 0. The molecular weight excluding hydrogens is 108 g/mol. The minimum absolute atomic E-state index is 1.09. The van der Waals surface area contributed by atoms with Crippen LogP contribution in [0.2, 0.25) is 0 Å². The van der Waals surface area contributed by atoms with Gasteiger partial charge in [-0.25, -0.2) is 0 Å². The predicted molar refractivity (Wildman–Crippen MR) is 40.0 cm³/mol. The molecule has 48 valence electrons. The highest BCUT2D eigenvalue weighted by Crippen LogP contribution is 2.03. The molecule has 1 rings (SSSR count). The van der Waals surface area contributed by atoms with Crippen molar-refractivity contribution in [3.8, 4) is 11.8 Å². The molecule has 0 nitrogen and oxygen atoms in total. The normalized spacial score (nSPS) is 18.7. The fraction of sp³-hybridized carbons (Fsp3) is 0.556. The molecule has 0 amide bonds.